The number of aryl methyl sites for hydroxylation is 2. The molecule has 0 amide bonds. The monoisotopic (exact) mass is 306 g/mol. The molecule has 0 radical (unpaired) electrons. The summed E-state index contributed by atoms with van der Waals surface area (Å²) in [6.45, 7) is 4.14. The van der Waals surface area contributed by atoms with E-state index < -0.39 is 0 Å². The van der Waals surface area contributed by atoms with Gasteiger partial charge in [-0.25, -0.2) is 4.98 Å². The number of aromatic nitrogens is 2. The van der Waals surface area contributed by atoms with Crippen molar-refractivity contribution in [3.8, 4) is 0 Å². The third kappa shape index (κ3) is 2.61. The summed E-state index contributed by atoms with van der Waals surface area (Å²) in [6, 6.07) is 7.94. The quantitative estimate of drug-likeness (QED) is 0.866. The zero-order chi connectivity index (χ0) is 13.3. The van der Waals surface area contributed by atoms with Crippen LogP contribution >= 0.6 is 15.9 Å². The Labute approximate surface area is 115 Å². The molecule has 0 aliphatic heterocycles. The van der Waals surface area contributed by atoms with E-state index in [4.69, 9.17) is 5.73 Å². The Morgan fingerprint density at radius 3 is 2.50 bits per heavy atom. The Hall–Kier alpha value is -1.62. The average molecular weight is 307 g/mol. The van der Waals surface area contributed by atoms with Gasteiger partial charge in [0.1, 0.15) is 10.4 Å². The predicted molar refractivity (Wildman–Crippen MR) is 78.1 cm³/mol. The van der Waals surface area contributed by atoms with Crippen molar-refractivity contribution in [2.24, 2.45) is 0 Å². The van der Waals surface area contributed by atoms with E-state index in [0.717, 1.165) is 5.69 Å². The van der Waals surface area contributed by atoms with Crippen LogP contribution in [0.2, 0.25) is 0 Å². The lowest BCUT2D eigenvalue weighted by molar-refractivity contribution is 1.03. The topological polar surface area (TPSA) is 55.0 Å². The molecular weight excluding hydrogens is 292 g/mol. The van der Waals surface area contributed by atoms with Crippen molar-refractivity contribution in [2.75, 3.05) is 17.7 Å². The average Bonchev–Trinajstić information content (AvgIpc) is 2.26. The van der Waals surface area contributed by atoms with Gasteiger partial charge in [0.05, 0.1) is 0 Å². The third-order valence-corrected chi connectivity index (χ3v) is 3.12. The number of nitrogens with two attached hydrogens (primary N) is 1. The molecule has 4 nitrogen and oxygen atoms in total. The van der Waals surface area contributed by atoms with Crippen molar-refractivity contribution in [1.82, 2.24) is 9.97 Å². The highest BCUT2D eigenvalue weighted by Crippen LogP contribution is 2.26. The van der Waals surface area contributed by atoms with Gasteiger partial charge in [-0.15, -0.1) is 0 Å². The SMILES string of the molecule is Cc1ccc(N(C)c2nc(N)cc(Br)n2)c(C)c1. The zero-order valence-electron chi connectivity index (χ0n) is 10.6. The van der Waals surface area contributed by atoms with Crippen molar-refractivity contribution in [3.63, 3.8) is 0 Å². The van der Waals surface area contributed by atoms with E-state index in [-0.39, 0.29) is 0 Å². The molecule has 2 rings (SSSR count). The first-order valence-corrected chi connectivity index (χ1v) is 6.37. The van der Waals surface area contributed by atoms with Gasteiger partial charge in [0, 0.05) is 18.8 Å². The van der Waals surface area contributed by atoms with Gasteiger partial charge >= 0.3 is 0 Å². The molecule has 18 heavy (non-hydrogen) atoms. The van der Waals surface area contributed by atoms with Crippen molar-refractivity contribution < 1.29 is 0 Å². The van der Waals surface area contributed by atoms with E-state index in [9.17, 15) is 0 Å². The van der Waals surface area contributed by atoms with Gasteiger partial charge in [-0.1, -0.05) is 17.7 Å². The second kappa shape index (κ2) is 4.94. The maximum atomic E-state index is 5.73. The molecule has 5 heteroatoms. The van der Waals surface area contributed by atoms with Gasteiger partial charge in [0.25, 0.3) is 0 Å². The van der Waals surface area contributed by atoms with E-state index in [2.05, 4.69) is 57.9 Å². The molecule has 0 spiro atoms. The van der Waals surface area contributed by atoms with Crippen LogP contribution in [0.15, 0.2) is 28.9 Å². The Balaban J connectivity index is 2.44. The highest BCUT2D eigenvalue weighted by molar-refractivity contribution is 9.10. The molecule has 0 saturated heterocycles. The Kier molecular flexibility index (Phi) is 3.52. The summed E-state index contributed by atoms with van der Waals surface area (Å²) in [7, 11) is 1.93. The molecule has 0 bridgehead atoms. The summed E-state index contributed by atoms with van der Waals surface area (Å²) in [5.41, 5.74) is 9.21. The van der Waals surface area contributed by atoms with Gasteiger partial charge in [-0.3, -0.25) is 0 Å². The standard InChI is InChI=1S/C13H15BrN4/c1-8-4-5-10(9(2)6-8)18(3)13-16-11(14)7-12(15)17-13/h4-7H,1-3H3,(H2,15,16,17). The van der Waals surface area contributed by atoms with Crippen LogP contribution in [0.5, 0.6) is 0 Å². The summed E-state index contributed by atoms with van der Waals surface area (Å²) >= 11 is 3.33. The Morgan fingerprint density at radius 1 is 1.17 bits per heavy atom. The van der Waals surface area contributed by atoms with E-state index in [1.54, 1.807) is 6.07 Å². The van der Waals surface area contributed by atoms with Crippen LogP contribution in [-0.2, 0) is 0 Å². The molecule has 0 aliphatic rings. The van der Waals surface area contributed by atoms with Crippen LogP contribution in [0, 0.1) is 13.8 Å². The lowest BCUT2D eigenvalue weighted by atomic mass is 10.1. The molecular formula is C13H15BrN4. The van der Waals surface area contributed by atoms with E-state index in [1.807, 2.05) is 11.9 Å². The number of hydrogen-bond donors (Lipinski definition) is 1. The largest absolute Gasteiger partial charge is 0.383 e. The van der Waals surface area contributed by atoms with Gasteiger partial charge in [0.15, 0.2) is 0 Å². The molecule has 0 fully saturated rings. The molecule has 1 aromatic heterocycles. The first-order chi connectivity index (χ1) is 8.47. The number of halogens is 1. The van der Waals surface area contributed by atoms with Crippen LogP contribution < -0.4 is 10.6 Å². The molecule has 1 heterocycles. The molecule has 1 aromatic carbocycles. The predicted octanol–water partition coefficient (Wildman–Crippen LogP) is 3.21. The second-order valence-electron chi connectivity index (χ2n) is 4.26. The fraction of sp³-hybridized carbons (Fsp3) is 0.231. The minimum Gasteiger partial charge on any atom is -0.383 e. The summed E-state index contributed by atoms with van der Waals surface area (Å²) in [5.74, 6) is 1.03. The van der Waals surface area contributed by atoms with Gasteiger partial charge < -0.3 is 10.6 Å². The fourth-order valence-corrected chi connectivity index (χ4v) is 2.26. The van der Waals surface area contributed by atoms with Crippen molar-refractivity contribution in [3.05, 3.63) is 40.0 Å². The molecule has 0 unspecified atom stereocenters. The minimum absolute atomic E-state index is 0.448. The summed E-state index contributed by atoms with van der Waals surface area (Å²) < 4.78 is 0.682. The second-order valence-corrected chi connectivity index (χ2v) is 5.08. The van der Waals surface area contributed by atoms with Crippen LogP contribution in [0.3, 0.4) is 0 Å². The fourth-order valence-electron chi connectivity index (χ4n) is 1.86. The highest BCUT2D eigenvalue weighted by Gasteiger charge is 2.11. The molecule has 94 valence electrons. The normalized spacial score (nSPS) is 10.4. The van der Waals surface area contributed by atoms with Crippen LogP contribution in [0.1, 0.15) is 11.1 Å². The van der Waals surface area contributed by atoms with Gasteiger partial charge in [-0.05, 0) is 41.4 Å². The maximum Gasteiger partial charge on any atom is 0.232 e. The molecule has 0 aliphatic carbocycles. The van der Waals surface area contributed by atoms with Gasteiger partial charge in [0.2, 0.25) is 5.95 Å². The lowest BCUT2D eigenvalue weighted by Gasteiger charge is -2.20. The van der Waals surface area contributed by atoms with E-state index in [0.29, 0.717) is 16.4 Å². The number of nitrogen functional groups attached to an aromatic ring is 1. The smallest absolute Gasteiger partial charge is 0.232 e. The maximum absolute atomic E-state index is 5.73. The molecule has 2 N–H and O–H groups in total. The first-order valence-electron chi connectivity index (χ1n) is 5.58. The van der Waals surface area contributed by atoms with Crippen LogP contribution in [0.25, 0.3) is 0 Å². The van der Waals surface area contributed by atoms with E-state index in [1.165, 1.54) is 11.1 Å². The number of benzene rings is 1. The molecule has 0 saturated carbocycles. The lowest BCUT2D eigenvalue weighted by Crippen LogP contribution is -2.15. The number of hydrogen-bond acceptors (Lipinski definition) is 4. The molecule has 2 aromatic rings. The summed E-state index contributed by atoms with van der Waals surface area (Å²) in [6.07, 6.45) is 0. The van der Waals surface area contributed by atoms with Crippen molar-refractivity contribution in [1.29, 1.82) is 0 Å². The van der Waals surface area contributed by atoms with Gasteiger partial charge in [-0.2, -0.15) is 4.98 Å². The highest BCUT2D eigenvalue weighted by atomic mass is 79.9. The van der Waals surface area contributed by atoms with E-state index >= 15 is 0 Å². The number of rotatable bonds is 2. The molecule has 0 atom stereocenters. The summed E-state index contributed by atoms with van der Waals surface area (Å²) in [4.78, 5) is 10.5. The third-order valence-electron chi connectivity index (χ3n) is 2.72. The minimum atomic E-state index is 0.448. The first kappa shape index (κ1) is 12.8. The summed E-state index contributed by atoms with van der Waals surface area (Å²) in [5, 5.41) is 0. The Morgan fingerprint density at radius 2 is 1.89 bits per heavy atom. The van der Waals surface area contributed by atoms with Crippen molar-refractivity contribution in [2.45, 2.75) is 13.8 Å². The van der Waals surface area contributed by atoms with Crippen LogP contribution in [0.4, 0.5) is 17.5 Å². The van der Waals surface area contributed by atoms with Crippen molar-refractivity contribution >= 4 is 33.4 Å². The Bertz CT molecular complexity index is 563. The number of nitrogens with zero attached hydrogens (tertiary/aromatic N) is 3. The zero-order valence-corrected chi connectivity index (χ0v) is 12.2. The number of anilines is 3. The van der Waals surface area contributed by atoms with Crippen LogP contribution in [-0.4, -0.2) is 17.0 Å².